The third-order valence-corrected chi connectivity index (χ3v) is 4.13. The van der Waals surface area contributed by atoms with Gasteiger partial charge in [0.2, 0.25) is 5.91 Å². The van der Waals surface area contributed by atoms with Crippen LogP contribution in [0.3, 0.4) is 0 Å². The molecule has 4 heteroatoms. The monoisotopic (exact) mass is 294 g/mol. The zero-order valence-electron chi connectivity index (χ0n) is 13.0. The summed E-state index contributed by atoms with van der Waals surface area (Å²) >= 11 is 1.78. The molecule has 1 aromatic rings. The van der Waals surface area contributed by atoms with E-state index in [0.29, 0.717) is 0 Å². The number of rotatable bonds is 3. The molecule has 0 aliphatic carbocycles. The van der Waals surface area contributed by atoms with E-state index >= 15 is 0 Å². The van der Waals surface area contributed by atoms with Gasteiger partial charge in [0.25, 0.3) is 0 Å². The fourth-order valence-electron chi connectivity index (χ4n) is 2.00. The Labute approximate surface area is 127 Å². The molecule has 1 saturated heterocycles. The summed E-state index contributed by atoms with van der Waals surface area (Å²) in [4.78, 5) is 15.1. The Bertz CT molecular complexity index is 387. The second-order valence-electron chi connectivity index (χ2n) is 4.81. The molecule has 0 radical (unpaired) electrons. The highest BCUT2D eigenvalue weighted by Crippen LogP contribution is 2.23. The van der Waals surface area contributed by atoms with E-state index in [1.165, 1.54) is 4.90 Å². The van der Waals surface area contributed by atoms with Crippen molar-refractivity contribution >= 4 is 17.9 Å². The van der Waals surface area contributed by atoms with Gasteiger partial charge < -0.3 is 4.90 Å². The zero-order valence-corrected chi connectivity index (χ0v) is 13.8. The summed E-state index contributed by atoms with van der Waals surface area (Å²) in [6, 6.07) is 10.4. The van der Waals surface area contributed by atoms with Crippen molar-refractivity contribution in [2.45, 2.75) is 32.6 Å². The number of carbonyl (C=O) groups excluding carboxylic acids is 1. The molecule has 112 valence electrons. The molecular formula is C16H26N2OS. The van der Waals surface area contributed by atoms with Crippen LogP contribution in [-0.2, 0) is 4.79 Å². The van der Waals surface area contributed by atoms with E-state index in [9.17, 15) is 4.79 Å². The molecule has 0 aromatic heterocycles. The van der Waals surface area contributed by atoms with Crippen molar-refractivity contribution in [2.24, 2.45) is 5.92 Å². The van der Waals surface area contributed by atoms with Gasteiger partial charge in [-0.1, -0.05) is 45.9 Å². The molecule has 1 heterocycles. The minimum atomic E-state index is 0.110. The molecular weight excluding hydrogens is 268 g/mol. The lowest BCUT2D eigenvalue weighted by atomic mass is 10.2. The summed E-state index contributed by atoms with van der Waals surface area (Å²) < 4.78 is 2.33. The van der Waals surface area contributed by atoms with Crippen molar-refractivity contribution in [3.05, 3.63) is 30.3 Å². The Hall–Kier alpha value is -1.00. The lowest BCUT2D eigenvalue weighted by molar-refractivity contribution is -0.135. The van der Waals surface area contributed by atoms with E-state index in [1.54, 1.807) is 11.9 Å². The number of hydrogen-bond donors (Lipinski definition) is 0. The van der Waals surface area contributed by atoms with E-state index in [2.05, 4.69) is 28.6 Å². The van der Waals surface area contributed by atoms with E-state index in [1.807, 2.05) is 38.7 Å². The highest BCUT2D eigenvalue weighted by molar-refractivity contribution is 7.97. The van der Waals surface area contributed by atoms with Crippen molar-refractivity contribution in [1.29, 1.82) is 0 Å². The molecule has 0 unspecified atom stereocenters. The fourth-order valence-corrected chi connectivity index (χ4v) is 2.92. The maximum absolute atomic E-state index is 11.9. The van der Waals surface area contributed by atoms with Gasteiger partial charge in [0.05, 0.1) is 0 Å². The van der Waals surface area contributed by atoms with Gasteiger partial charge in [-0.3, -0.25) is 4.79 Å². The summed E-state index contributed by atoms with van der Waals surface area (Å²) in [5.74, 6) is 0.387. The molecule has 3 nitrogen and oxygen atoms in total. The number of hydrogen-bond acceptors (Lipinski definition) is 3. The van der Waals surface area contributed by atoms with Crippen molar-refractivity contribution in [3.8, 4) is 0 Å². The van der Waals surface area contributed by atoms with Crippen LogP contribution in [0, 0.1) is 5.92 Å². The Balaban J connectivity index is 0.000000956. The third-order valence-electron chi connectivity index (χ3n) is 3.02. The van der Waals surface area contributed by atoms with Crippen LogP contribution in [0.15, 0.2) is 35.2 Å². The third kappa shape index (κ3) is 5.17. The summed E-state index contributed by atoms with van der Waals surface area (Å²) in [5, 5.41) is 0. The summed E-state index contributed by atoms with van der Waals surface area (Å²) in [6.45, 7) is 11.5. The Morgan fingerprint density at radius 3 is 2.10 bits per heavy atom. The average Bonchev–Trinajstić information content (AvgIpc) is 2.50. The van der Waals surface area contributed by atoms with E-state index in [4.69, 9.17) is 0 Å². The first-order chi connectivity index (χ1) is 9.66. The van der Waals surface area contributed by atoms with Crippen LogP contribution in [0.5, 0.6) is 0 Å². The second-order valence-corrected chi connectivity index (χ2v) is 5.98. The second kappa shape index (κ2) is 9.03. The van der Waals surface area contributed by atoms with E-state index in [0.717, 1.165) is 26.2 Å². The number of nitrogens with zero attached hydrogens (tertiary/aromatic N) is 2. The van der Waals surface area contributed by atoms with Crippen LogP contribution in [0.1, 0.15) is 27.7 Å². The van der Waals surface area contributed by atoms with Gasteiger partial charge in [-0.15, -0.1) is 0 Å². The van der Waals surface area contributed by atoms with Crippen LogP contribution >= 0.6 is 11.9 Å². The van der Waals surface area contributed by atoms with Crippen molar-refractivity contribution in [3.63, 3.8) is 0 Å². The molecule has 0 spiro atoms. The lowest BCUT2D eigenvalue weighted by Crippen LogP contribution is -2.47. The Kier molecular flexibility index (Phi) is 7.70. The first-order valence-electron chi connectivity index (χ1n) is 7.43. The molecule has 0 saturated carbocycles. The van der Waals surface area contributed by atoms with Gasteiger partial charge >= 0.3 is 0 Å². The first kappa shape index (κ1) is 17.1. The van der Waals surface area contributed by atoms with Crippen LogP contribution in [0.4, 0.5) is 0 Å². The molecule has 1 aromatic carbocycles. The molecule has 0 N–H and O–H groups in total. The van der Waals surface area contributed by atoms with Gasteiger partial charge in [-0.05, 0) is 24.1 Å². The normalized spacial score (nSPS) is 15.8. The summed E-state index contributed by atoms with van der Waals surface area (Å²) in [5.41, 5.74) is 0. The lowest BCUT2D eigenvalue weighted by Gasteiger charge is -2.34. The van der Waals surface area contributed by atoms with Gasteiger partial charge in [-0.2, -0.15) is 0 Å². The zero-order chi connectivity index (χ0) is 15.0. The number of piperazine rings is 1. The molecule has 0 atom stereocenters. The minimum absolute atomic E-state index is 0.110. The van der Waals surface area contributed by atoms with E-state index < -0.39 is 0 Å². The van der Waals surface area contributed by atoms with Gasteiger partial charge in [0, 0.05) is 37.0 Å². The number of benzene rings is 1. The smallest absolute Gasteiger partial charge is 0.225 e. The molecule has 20 heavy (non-hydrogen) atoms. The van der Waals surface area contributed by atoms with Crippen molar-refractivity contribution < 1.29 is 4.79 Å². The Morgan fingerprint density at radius 2 is 1.60 bits per heavy atom. The highest BCUT2D eigenvalue weighted by Gasteiger charge is 2.23. The minimum Gasteiger partial charge on any atom is -0.340 e. The maximum atomic E-state index is 11.9. The summed E-state index contributed by atoms with van der Waals surface area (Å²) in [7, 11) is 0. The van der Waals surface area contributed by atoms with Crippen LogP contribution in [0.2, 0.25) is 0 Å². The number of carbonyl (C=O) groups is 1. The van der Waals surface area contributed by atoms with Gasteiger partial charge in [0.15, 0.2) is 0 Å². The molecule has 1 aliphatic heterocycles. The average molecular weight is 294 g/mol. The van der Waals surface area contributed by atoms with E-state index in [-0.39, 0.29) is 11.8 Å². The standard InChI is InChI=1S/C14H20N2OS.C2H6/c1-12(2)14(17)15-8-10-16(11-9-15)18-13-6-4-3-5-7-13;1-2/h3-7,12H,8-11H2,1-2H3;1-2H3. The quantitative estimate of drug-likeness (QED) is 0.797. The van der Waals surface area contributed by atoms with Crippen LogP contribution < -0.4 is 0 Å². The first-order valence-corrected chi connectivity index (χ1v) is 8.21. The predicted octanol–water partition coefficient (Wildman–Crippen LogP) is 3.52. The molecule has 1 fully saturated rings. The molecule has 0 bridgehead atoms. The summed E-state index contributed by atoms with van der Waals surface area (Å²) in [6.07, 6.45) is 0. The predicted molar refractivity (Wildman–Crippen MR) is 86.6 cm³/mol. The SMILES string of the molecule is CC.CC(C)C(=O)N1CCN(Sc2ccccc2)CC1. The fraction of sp³-hybridized carbons (Fsp3) is 0.562. The van der Waals surface area contributed by atoms with Gasteiger partial charge in [0.1, 0.15) is 0 Å². The Morgan fingerprint density at radius 1 is 1.05 bits per heavy atom. The molecule has 1 amide bonds. The van der Waals surface area contributed by atoms with Crippen molar-refractivity contribution in [2.75, 3.05) is 26.2 Å². The van der Waals surface area contributed by atoms with Crippen molar-refractivity contribution in [1.82, 2.24) is 9.21 Å². The number of amides is 1. The topological polar surface area (TPSA) is 23.6 Å². The molecule has 2 rings (SSSR count). The van der Waals surface area contributed by atoms with Gasteiger partial charge in [-0.25, -0.2) is 4.31 Å². The largest absolute Gasteiger partial charge is 0.340 e. The maximum Gasteiger partial charge on any atom is 0.225 e. The van der Waals surface area contributed by atoms with Crippen LogP contribution in [0.25, 0.3) is 0 Å². The molecule has 1 aliphatic rings. The highest BCUT2D eigenvalue weighted by atomic mass is 32.2. The van der Waals surface area contributed by atoms with Crippen LogP contribution in [-0.4, -0.2) is 41.3 Å².